The molecule has 0 bridgehead atoms. The van der Waals surface area contributed by atoms with Crippen molar-refractivity contribution in [2.45, 2.75) is 24.0 Å². The predicted octanol–water partition coefficient (Wildman–Crippen LogP) is 2.53. The second-order valence-electron chi connectivity index (χ2n) is 4.63. The van der Waals surface area contributed by atoms with Crippen molar-refractivity contribution in [1.29, 1.82) is 0 Å². The summed E-state index contributed by atoms with van der Waals surface area (Å²) in [5.41, 5.74) is 0.367. The molecule has 7 heteroatoms. The van der Waals surface area contributed by atoms with Crippen LogP contribution in [0.15, 0.2) is 34.2 Å². The standard InChI is InChI=1S/C13H12ClN3O2S/c14-9-3-1-2-8(6-9)11(18)7-20-13-16-15-12(19)17(13)10-4-5-10/h1-3,6,10H,4-5,7H2,(H,15,19). The Labute approximate surface area is 124 Å². The lowest BCUT2D eigenvalue weighted by Gasteiger charge is -2.03. The second kappa shape index (κ2) is 5.46. The fraction of sp³-hybridized carbons (Fsp3) is 0.308. The number of thioether (sulfide) groups is 1. The molecule has 20 heavy (non-hydrogen) atoms. The minimum absolute atomic E-state index is 0.0321. The molecular formula is C13H12ClN3O2S. The van der Waals surface area contributed by atoms with E-state index in [0.29, 0.717) is 15.7 Å². The zero-order chi connectivity index (χ0) is 14.1. The first kappa shape index (κ1) is 13.5. The smallest absolute Gasteiger partial charge is 0.293 e. The van der Waals surface area contributed by atoms with Crippen molar-refractivity contribution in [1.82, 2.24) is 14.8 Å². The fourth-order valence-electron chi connectivity index (χ4n) is 1.92. The van der Waals surface area contributed by atoms with Gasteiger partial charge in [-0.15, -0.1) is 5.10 Å². The Bertz CT molecular complexity index is 706. The SMILES string of the molecule is O=C(CSc1n[nH]c(=O)n1C1CC1)c1cccc(Cl)c1. The number of H-pyrrole nitrogens is 1. The van der Waals surface area contributed by atoms with E-state index >= 15 is 0 Å². The summed E-state index contributed by atoms with van der Waals surface area (Å²) in [5.74, 6) is 0.201. The van der Waals surface area contributed by atoms with E-state index in [4.69, 9.17) is 11.6 Å². The predicted molar refractivity (Wildman–Crippen MR) is 77.6 cm³/mol. The number of aromatic nitrogens is 3. The van der Waals surface area contributed by atoms with Crippen LogP contribution >= 0.6 is 23.4 Å². The molecule has 104 valence electrons. The van der Waals surface area contributed by atoms with Gasteiger partial charge >= 0.3 is 5.69 Å². The number of nitrogens with zero attached hydrogens (tertiary/aromatic N) is 2. The molecule has 1 heterocycles. The van der Waals surface area contributed by atoms with Crippen molar-refractivity contribution in [3.05, 3.63) is 45.3 Å². The first-order chi connectivity index (χ1) is 9.65. The molecule has 1 aliphatic carbocycles. The summed E-state index contributed by atoms with van der Waals surface area (Å²) >= 11 is 7.14. The number of nitrogens with one attached hydrogen (secondary N) is 1. The quantitative estimate of drug-likeness (QED) is 0.681. The van der Waals surface area contributed by atoms with Crippen LogP contribution in [-0.4, -0.2) is 26.3 Å². The van der Waals surface area contributed by atoms with E-state index in [2.05, 4.69) is 10.2 Å². The van der Waals surface area contributed by atoms with E-state index in [1.165, 1.54) is 11.8 Å². The van der Waals surface area contributed by atoms with E-state index in [9.17, 15) is 9.59 Å². The molecule has 1 fully saturated rings. The first-order valence-electron chi connectivity index (χ1n) is 6.23. The number of benzene rings is 1. The van der Waals surface area contributed by atoms with Crippen molar-refractivity contribution in [3.63, 3.8) is 0 Å². The topological polar surface area (TPSA) is 67.8 Å². The van der Waals surface area contributed by atoms with E-state index in [-0.39, 0.29) is 23.3 Å². The summed E-state index contributed by atoms with van der Waals surface area (Å²) in [6.07, 6.45) is 1.99. The van der Waals surface area contributed by atoms with E-state index in [1.807, 2.05) is 0 Å². The maximum atomic E-state index is 12.1. The highest BCUT2D eigenvalue weighted by molar-refractivity contribution is 7.99. The number of rotatable bonds is 5. The monoisotopic (exact) mass is 309 g/mol. The van der Waals surface area contributed by atoms with Gasteiger partial charge in [-0.25, -0.2) is 9.89 Å². The van der Waals surface area contributed by atoms with Gasteiger partial charge in [-0.1, -0.05) is 35.5 Å². The average molecular weight is 310 g/mol. The Hall–Kier alpha value is -1.53. The third-order valence-corrected chi connectivity index (χ3v) is 4.25. The Morgan fingerprint density at radius 3 is 3.00 bits per heavy atom. The van der Waals surface area contributed by atoms with Crippen LogP contribution in [0.2, 0.25) is 5.02 Å². The van der Waals surface area contributed by atoms with Crippen molar-refractivity contribution < 1.29 is 4.79 Å². The minimum Gasteiger partial charge on any atom is -0.293 e. The molecule has 1 aromatic carbocycles. The zero-order valence-electron chi connectivity index (χ0n) is 10.5. The Kier molecular flexibility index (Phi) is 3.67. The number of ketones is 1. The maximum Gasteiger partial charge on any atom is 0.344 e. The van der Waals surface area contributed by atoms with Crippen LogP contribution < -0.4 is 5.69 Å². The summed E-state index contributed by atoms with van der Waals surface area (Å²) in [6.45, 7) is 0. The highest BCUT2D eigenvalue weighted by atomic mass is 35.5. The molecule has 0 saturated heterocycles. The molecule has 0 spiro atoms. The van der Waals surface area contributed by atoms with E-state index in [1.54, 1.807) is 28.8 Å². The van der Waals surface area contributed by atoms with Gasteiger partial charge in [0, 0.05) is 16.6 Å². The van der Waals surface area contributed by atoms with Crippen LogP contribution in [0.3, 0.4) is 0 Å². The molecule has 0 atom stereocenters. The first-order valence-corrected chi connectivity index (χ1v) is 7.60. The summed E-state index contributed by atoms with van der Waals surface area (Å²) < 4.78 is 1.63. The molecule has 2 aromatic rings. The van der Waals surface area contributed by atoms with Crippen LogP contribution in [0.5, 0.6) is 0 Å². The van der Waals surface area contributed by atoms with Crippen LogP contribution in [-0.2, 0) is 0 Å². The van der Waals surface area contributed by atoms with Crippen molar-refractivity contribution >= 4 is 29.1 Å². The van der Waals surface area contributed by atoms with Gasteiger partial charge < -0.3 is 0 Å². The number of Topliss-reactive ketones (excluding diaryl/α,β-unsaturated/α-hetero) is 1. The molecule has 0 amide bonds. The molecular weight excluding hydrogens is 298 g/mol. The fourth-order valence-corrected chi connectivity index (χ4v) is 3.02. The lowest BCUT2D eigenvalue weighted by atomic mass is 10.1. The number of hydrogen-bond donors (Lipinski definition) is 1. The number of hydrogen-bond acceptors (Lipinski definition) is 4. The minimum atomic E-state index is -0.204. The van der Waals surface area contributed by atoms with Gasteiger partial charge in [0.1, 0.15) is 0 Å². The summed E-state index contributed by atoms with van der Waals surface area (Å²) in [7, 11) is 0. The molecule has 1 aliphatic rings. The average Bonchev–Trinajstić information content (AvgIpc) is 3.20. The van der Waals surface area contributed by atoms with Crippen LogP contribution in [0.25, 0.3) is 0 Å². The third kappa shape index (κ3) is 2.81. The van der Waals surface area contributed by atoms with Gasteiger partial charge in [-0.3, -0.25) is 9.36 Å². The Morgan fingerprint density at radius 1 is 1.50 bits per heavy atom. The molecule has 5 nitrogen and oxygen atoms in total. The van der Waals surface area contributed by atoms with E-state index in [0.717, 1.165) is 12.8 Å². The molecule has 1 aromatic heterocycles. The third-order valence-electron chi connectivity index (χ3n) is 3.06. The van der Waals surface area contributed by atoms with Gasteiger partial charge in [-0.2, -0.15) is 0 Å². The van der Waals surface area contributed by atoms with E-state index < -0.39 is 0 Å². The molecule has 0 radical (unpaired) electrons. The summed E-state index contributed by atoms with van der Waals surface area (Å²) in [4.78, 5) is 23.7. The number of aromatic amines is 1. The largest absolute Gasteiger partial charge is 0.344 e. The molecule has 0 aliphatic heterocycles. The Balaban J connectivity index is 1.71. The highest BCUT2D eigenvalue weighted by Gasteiger charge is 2.28. The maximum absolute atomic E-state index is 12.1. The van der Waals surface area contributed by atoms with Crippen molar-refractivity contribution in [2.75, 3.05) is 5.75 Å². The van der Waals surface area contributed by atoms with Crippen LogP contribution in [0, 0.1) is 0 Å². The zero-order valence-corrected chi connectivity index (χ0v) is 12.1. The highest BCUT2D eigenvalue weighted by Crippen LogP contribution is 2.36. The number of carbonyl (C=O) groups is 1. The molecule has 1 N–H and O–H groups in total. The lowest BCUT2D eigenvalue weighted by Crippen LogP contribution is -2.16. The second-order valence-corrected chi connectivity index (χ2v) is 6.01. The normalized spacial score (nSPS) is 14.4. The Morgan fingerprint density at radius 2 is 2.30 bits per heavy atom. The van der Waals surface area contributed by atoms with Crippen LogP contribution in [0.4, 0.5) is 0 Å². The number of halogens is 1. The number of carbonyl (C=O) groups excluding carboxylic acids is 1. The summed E-state index contributed by atoms with van der Waals surface area (Å²) in [6, 6.07) is 7.08. The van der Waals surface area contributed by atoms with Gasteiger partial charge in [0.25, 0.3) is 0 Å². The molecule has 1 saturated carbocycles. The summed E-state index contributed by atoms with van der Waals surface area (Å²) in [5, 5.41) is 7.52. The van der Waals surface area contributed by atoms with Gasteiger partial charge in [0.05, 0.1) is 5.75 Å². The molecule has 0 unspecified atom stereocenters. The van der Waals surface area contributed by atoms with Crippen molar-refractivity contribution in [2.24, 2.45) is 0 Å². The lowest BCUT2D eigenvalue weighted by molar-refractivity contribution is 0.102. The van der Waals surface area contributed by atoms with Crippen LogP contribution in [0.1, 0.15) is 29.2 Å². The molecule has 3 rings (SSSR count). The van der Waals surface area contributed by atoms with Gasteiger partial charge in [-0.05, 0) is 25.0 Å². The van der Waals surface area contributed by atoms with Crippen molar-refractivity contribution in [3.8, 4) is 0 Å². The van der Waals surface area contributed by atoms with Gasteiger partial charge in [0.15, 0.2) is 10.9 Å². The van der Waals surface area contributed by atoms with Gasteiger partial charge in [0.2, 0.25) is 0 Å².